The Kier molecular flexibility index (Phi) is 4.89. The second-order valence-electron chi connectivity index (χ2n) is 9.33. The van der Waals surface area contributed by atoms with Crippen molar-refractivity contribution in [3.05, 3.63) is 110 Å². The maximum atomic E-state index is 13.1. The van der Waals surface area contributed by atoms with Crippen molar-refractivity contribution in [2.24, 2.45) is 0 Å². The zero-order valence-electron chi connectivity index (χ0n) is 20.3. The fourth-order valence-corrected chi connectivity index (χ4v) is 8.96. The molecule has 0 aliphatic carbocycles. The van der Waals surface area contributed by atoms with Gasteiger partial charge in [-0.25, -0.2) is 0 Å². The molecule has 5 aromatic rings. The number of carbonyl (C=O) groups excluding carboxylic acids is 2. The van der Waals surface area contributed by atoms with Gasteiger partial charge in [-0.2, -0.15) is 0 Å². The lowest BCUT2D eigenvalue weighted by Gasteiger charge is -2.38. The molecule has 2 aliphatic heterocycles. The third kappa shape index (κ3) is 3.05. The Labute approximate surface area is 226 Å². The first-order valence-electron chi connectivity index (χ1n) is 11.9. The molecule has 5 heterocycles. The maximum Gasteiger partial charge on any atom is 0.262 e. The number of hydrogen-bond acceptors (Lipinski definition) is 6. The van der Waals surface area contributed by atoms with Gasteiger partial charge in [0.15, 0.2) is 5.60 Å². The van der Waals surface area contributed by atoms with E-state index in [0.717, 1.165) is 46.8 Å². The van der Waals surface area contributed by atoms with Crippen molar-refractivity contribution < 1.29 is 14.3 Å². The molecule has 0 saturated carbocycles. The van der Waals surface area contributed by atoms with E-state index >= 15 is 0 Å². The summed E-state index contributed by atoms with van der Waals surface area (Å²) in [5, 5.41) is 0. The van der Waals surface area contributed by atoms with E-state index in [1.54, 1.807) is 29.7 Å². The van der Waals surface area contributed by atoms with Crippen molar-refractivity contribution in [3.63, 3.8) is 0 Å². The van der Waals surface area contributed by atoms with Gasteiger partial charge >= 0.3 is 0 Å². The Morgan fingerprint density at radius 1 is 0.730 bits per heavy atom. The normalized spacial score (nSPS) is 15.4. The highest BCUT2D eigenvalue weighted by Crippen LogP contribution is 2.58. The molecule has 0 atom stereocenters. The minimum absolute atomic E-state index is 0.219. The van der Waals surface area contributed by atoms with E-state index in [1.165, 1.54) is 21.1 Å². The first-order valence-corrected chi connectivity index (χ1v) is 14.4. The number of fused-ring (bicyclic) bond motifs is 4. The first-order chi connectivity index (χ1) is 17.9. The Bertz CT molecular complexity index is 1690. The largest absolute Gasteiger partial charge is 0.471 e. The van der Waals surface area contributed by atoms with Gasteiger partial charge in [0, 0.05) is 38.4 Å². The van der Waals surface area contributed by atoms with E-state index in [2.05, 4.69) is 43.3 Å². The number of benzene rings is 2. The van der Waals surface area contributed by atoms with Crippen molar-refractivity contribution in [2.75, 3.05) is 7.05 Å². The molecule has 2 aliphatic rings. The summed E-state index contributed by atoms with van der Waals surface area (Å²) in [5.74, 6) is 0.422. The zero-order chi connectivity index (χ0) is 25.5. The Morgan fingerprint density at radius 3 is 2.00 bits per heavy atom. The molecule has 0 N–H and O–H groups in total. The molecule has 2 amide bonds. The molecule has 37 heavy (non-hydrogen) atoms. The number of nitrogens with zero attached hydrogens (tertiary/aromatic N) is 1. The molecule has 2 aromatic carbocycles. The summed E-state index contributed by atoms with van der Waals surface area (Å²) in [6.45, 7) is 4.02. The summed E-state index contributed by atoms with van der Waals surface area (Å²) >= 11 is 4.93. The number of rotatable bonds is 3. The Balaban J connectivity index is 1.55. The average Bonchev–Trinajstić information content (AvgIpc) is 3.65. The van der Waals surface area contributed by atoms with Crippen molar-refractivity contribution in [1.82, 2.24) is 4.90 Å². The molecular formula is C30H21NO3S3. The summed E-state index contributed by atoms with van der Waals surface area (Å²) in [6, 6.07) is 25.0. The van der Waals surface area contributed by atoms with Crippen LogP contribution in [0.2, 0.25) is 0 Å². The van der Waals surface area contributed by atoms with E-state index in [1.807, 2.05) is 43.3 Å². The van der Waals surface area contributed by atoms with E-state index in [9.17, 15) is 9.59 Å². The third-order valence-electron chi connectivity index (χ3n) is 7.11. The predicted octanol–water partition coefficient (Wildman–Crippen LogP) is 7.73. The van der Waals surface area contributed by atoms with Gasteiger partial charge in [-0.3, -0.25) is 14.5 Å². The summed E-state index contributed by atoms with van der Waals surface area (Å²) in [4.78, 5) is 33.3. The molecule has 0 bridgehead atoms. The molecule has 0 fully saturated rings. The molecule has 7 heteroatoms. The van der Waals surface area contributed by atoms with Crippen LogP contribution in [0.3, 0.4) is 0 Å². The molecule has 0 unspecified atom stereocenters. The van der Waals surface area contributed by atoms with Gasteiger partial charge < -0.3 is 4.74 Å². The predicted molar refractivity (Wildman–Crippen MR) is 150 cm³/mol. The van der Waals surface area contributed by atoms with Crippen LogP contribution in [0.15, 0.2) is 72.8 Å². The smallest absolute Gasteiger partial charge is 0.262 e. The molecule has 0 saturated heterocycles. The lowest BCUT2D eigenvalue weighted by Crippen LogP contribution is -2.37. The van der Waals surface area contributed by atoms with Crippen LogP contribution < -0.4 is 4.74 Å². The van der Waals surface area contributed by atoms with Gasteiger partial charge in [0.1, 0.15) is 5.75 Å². The van der Waals surface area contributed by atoms with E-state index in [0.29, 0.717) is 11.1 Å². The van der Waals surface area contributed by atoms with Crippen molar-refractivity contribution in [3.8, 4) is 25.3 Å². The van der Waals surface area contributed by atoms with Crippen LogP contribution in [0.1, 0.15) is 47.2 Å². The SMILES string of the molecule is Cc1cc2c(s1)-c1sc(-c3sc(C)c4c3C(=O)N(C)C4=O)cc1C(c1ccccc1)(c1ccccc1)O2. The summed E-state index contributed by atoms with van der Waals surface area (Å²) in [7, 11) is 1.56. The molecule has 182 valence electrons. The number of aryl methyl sites for hydroxylation is 2. The van der Waals surface area contributed by atoms with Crippen molar-refractivity contribution in [2.45, 2.75) is 19.4 Å². The molecule has 0 radical (unpaired) electrons. The lowest BCUT2D eigenvalue weighted by molar-refractivity contribution is 0.0693. The summed E-state index contributed by atoms with van der Waals surface area (Å²) in [6.07, 6.45) is 0. The monoisotopic (exact) mass is 539 g/mol. The zero-order valence-corrected chi connectivity index (χ0v) is 22.8. The third-order valence-corrected chi connectivity index (χ3v) is 10.7. The van der Waals surface area contributed by atoms with E-state index in [4.69, 9.17) is 4.74 Å². The number of thiophene rings is 3. The number of carbonyl (C=O) groups is 2. The fourth-order valence-electron chi connectivity index (χ4n) is 5.43. The van der Waals surface area contributed by atoms with Crippen LogP contribution in [0.25, 0.3) is 19.5 Å². The van der Waals surface area contributed by atoms with Crippen LogP contribution in [0.5, 0.6) is 5.75 Å². The van der Waals surface area contributed by atoms with Crippen LogP contribution in [-0.4, -0.2) is 23.8 Å². The van der Waals surface area contributed by atoms with Gasteiger partial charge in [-0.1, -0.05) is 60.7 Å². The van der Waals surface area contributed by atoms with Gasteiger partial charge in [0.2, 0.25) is 0 Å². The highest BCUT2D eigenvalue weighted by Gasteiger charge is 2.47. The fraction of sp³-hybridized carbons (Fsp3) is 0.133. The highest BCUT2D eigenvalue weighted by atomic mass is 32.1. The van der Waals surface area contributed by atoms with E-state index < -0.39 is 5.60 Å². The minimum Gasteiger partial charge on any atom is -0.471 e. The topological polar surface area (TPSA) is 46.6 Å². The van der Waals surface area contributed by atoms with Crippen LogP contribution in [0.4, 0.5) is 0 Å². The first kappa shape index (κ1) is 22.7. The maximum absolute atomic E-state index is 13.1. The molecular weight excluding hydrogens is 519 g/mol. The number of amides is 2. The van der Waals surface area contributed by atoms with Crippen molar-refractivity contribution in [1.29, 1.82) is 0 Å². The molecule has 0 spiro atoms. The number of ether oxygens (including phenoxy) is 1. The molecule has 4 nitrogen and oxygen atoms in total. The second-order valence-corrected chi connectivity index (χ2v) is 12.9. The van der Waals surface area contributed by atoms with Crippen molar-refractivity contribution >= 4 is 45.8 Å². The summed E-state index contributed by atoms with van der Waals surface area (Å²) < 4.78 is 7.03. The average molecular weight is 540 g/mol. The van der Waals surface area contributed by atoms with Crippen LogP contribution in [-0.2, 0) is 5.60 Å². The lowest BCUT2D eigenvalue weighted by atomic mass is 9.78. The highest BCUT2D eigenvalue weighted by molar-refractivity contribution is 7.27. The van der Waals surface area contributed by atoms with Gasteiger partial charge in [-0.05, 0) is 26.0 Å². The summed E-state index contributed by atoms with van der Waals surface area (Å²) in [5.41, 5.74) is 3.37. The Hall–Kier alpha value is -3.52. The molecule has 3 aromatic heterocycles. The Morgan fingerprint density at radius 2 is 1.35 bits per heavy atom. The van der Waals surface area contributed by atoms with Crippen LogP contribution in [0, 0.1) is 13.8 Å². The number of imide groups is 1. The second kappa shape index (κ2) is 7.99. The van der Waals surface area contributed by atoms with E-state index in [-0.39, 0.29) is 11.8 Å². The van der Waals surface area contributed by atoms with Gasteiger partial charge in [-0.15, -0.1) is 34.0 Å². The molecule has 7 rings (SSSR count). The quantitative estimate of drug-likeness (QED) is 0.220. The number of hydrogen-bond donors (Lipinski definition) is 0. The minimum atomic E-state index is -0.848. The van der Waals surface area contributed by atoms with Gasteiger partial charge in [0.25, 0.3) is 11.8 Å². The van der Waals surface area contributed by atoms with Gasteiger partial charge in [0.05, 0.1) is 25.8 Å². The standard InChI is InChI=1S/C30H21NO3S3/c1-16-14-21-26(35-16)25-20(30(34-21,18-10-6-4-7-11-18)19-12-8-5-9-13-19)15-22(37-25)27-24-23(17(2)36-27)28(32)31(3)29(24)33/h4-15H,1-3H3. The van der Waals surface area contributed by atoms with Crippen LogP contribution >= 0.6 is 34.0 Å².